The first kappa shape index (κ1) is 20.9. The zero-order valence-electron chi connectivity index (χ0n) is 18.8. The summed E-state index contributed by atoms with van der Waals surface area (Å²) in [5, 5.41) is 0. The molecule has 2 aliphatic heterocycles. The van der Waals surface area contributed by atoms with E-state index in [1.807, 2.05) is 12.3 Å². The number of rotatable bonds is 4. The number of aromatic nitrogens is 3. The normalized spacial score (nSPS) is 19.5. The Bertz CT molecular complexity index is 1060. The van der Waals surface area contributed by atoms with Gasteiger partial charge in [0.2, 0.25) is 5.95 Å². The van der Waals surface area contributed by atoms with Crippen molar-refractivity contribution in [3.63, 3.8) is 0 Å². The predicted molar refractivity (Wildman–Crippen MR) is 127 cm³/mol. The first-order valence-electron chi connectivity index (χ1n) is 11.7. The SMILES string of the molecule is CC1CCN(c2ccc(-c3cc(-c4ccc(F)cc4)nc(N4CCCC4C)n3)cn2)CC1. The van der Waals surface area contributed by atoms with Crippen molar-refractivity contribution < 1.29 is 4.39 Å². The smallest absolute Gasteiger partial charge is 0.226 e. The Balaban J connectivity index is 1.49. The van der Waals surface area contributed by atoms with Gasteiger partial charge in [0.25, 0.3) is 0 Å². The second-order valence-corrected chi connectivity index (χ2v) is 9.20. The summed E-state index contributed by atoms with van der Waals surface area (Å²) in [6.07, 6.45) is 6.64. The lowest BCUT2D eigenvalue weighted by molar-refractivity contribution is 0.436. The monoisotopic (exact) mass is 431 g/mol. The number of hydrogen-bond acceptors (Lipinski definition) is 5. The van der Waals surface area contributed by atoms with Gasteiger partial charge in [0, 0.05) is 43.0 Å². The van der Waals surface area contributed by atoms with E-state index in [0.29, 0.717) is 6.04 Å². The molecular formula is C26H30FN5. The van der Waals surface area contributed by atoms with Crippen LogP contribution in [0.1, 0.15) is 39.5 Å². The van der Waals surface area contributed by atoms with Gasteiger partial charge in [-0.3, -0.25) is 0 Å². The van der Waals surface area contributed by atoms with Crippen molar-refractivity contribution in [2.24, 2.45) is 5.92 Å². The number of hydrogen-bond donors (Lipinski definition) is 0. The van der Waals surface area contributed by atoms with Crippen LogP contribution in [0.3, 0.4) is 0 Å². The van der Waals surface area contributed by atoms with E-state index in [1.54, 1.807) is 12.1 Å². The number of anilines is 2. The lowest BCUT2D eigenvalue weighted by Crippen LogP contribution is -2.33. The highest BCUT2D eigenvalue weighted by Crippen LogP contribution is 2.30. The minimum Gasteiger partial charge on any atom is -0.357 e. The van der Waals surface area contributed by atoms with Gasteiger partial charge >= 0.3 is 0 Å². The molecule has 1 aromatic carbocycles. The Hall–Kier alpha value is -3.02. The zero-order valence-corrected chi connectivity index (χ0v) is 18.8. The fourth-order valence-electron chi connectivity index (χ4n) is 4.67. The van der Waals surface area contributed by atoms with Crippen LogP contribution in [0.5, 0.6) is 0 Å². The van der Waals surface area contributed by atoms with E-state index in [0.717, 1.165) is 72.7 Å². The first-order valence-corrected chi connectivity index (χ1v) is 11.7. The van der Waals surface area contributed by atoms with Crippen molar-refractivity contribution >= 4 is 11.8 Å². The number of piperidine rings is 1. The van der Waals surface area contributed by atoms with Gasteiger partial charge in [-0.05, 0) is 81.0 Å². The van der Waals surface area contributed by atoms with Gasteiger partial charge in [-0.15, -0.1) is 0 Å². The topological polar surface area (TPSA) is 45.2 Å². The number of nitrogens with zero attached hydrogens (tertiary/aromatic N) is 5. The molecule has 6 heteroatoms. The molecule has 2 aliphatic rings. The maximum atomic E-state index is 13.5. The molecule has 0 bridgehead atoms. The van der Waals surface area contributed by atoms with E-state index in [2.05, 4.69) is 35.8 Å². The molecule has 0 spiro atoms. The number of benzene rings is 1. The molecule has 0 saturated carbocycles. The minimum atomic E-state index is -0.247. The summed E-state index contributed by atoms with van der Waals surface area (Å²) in [7, 11) is 0. The van der Waals surface area contributed by atoms with Gasteiger partial charge in [-0.25, -0.2) is 19.3 Å². The average Bonchev–Trinajstić information content (AvgIpc) is 3.26. The van der Waals surface area contributed by atoms with Crippen LogP contribution < -0.4 is 9.80 Å². The number of pyridine rings is 1. The Morgan fingerprint density at radius 3 is 2.16 bits per heavy atom. The van der Waals surface area contributed by atoms with E-state index < -0.39 is 0 Å². The largest absolute Gasteiger partial charge is 0.357 e. The third-order valence-corrected chi connectivity index (χ3v) is 6.82. The summed E-state index contributed by atoms with van der Waals surface area (Å²) >= 11 is 0. The molecule has 2 fully saturated rings. The van der Waals surface area contributed by atoms with Gasteiger partial charge in [0.05, 0.1) is 11.4 Å². The summed E-state index contributed by atoms with van der Waals surface area (Å²) in [6, 6.07) is 13.1. The first-order chi connectivity index (χ1) is 15.6. The summed E-state index contributed by atoms with van der Waals surface area (Å²) in [5.41, 5.74) is 3.51. The molecule has 5 nitrogen and oxygen atoms in total. The second-order valence-electron chi connectivity index (χ2n) is 9.20. The molecule has 0 amide bonds. The standard InChI is InChI=1S/C26H30FN5/c1-18-11-14-31(15-12-18)25-10-7-21(17-28-25)24-16-23(20-5-8-22(27)9-6-20)29-26(30-24)32-13-3-4-19(32)2/h5-10,16-19H,3-4,11-15H2,1-2H3. The van der Waals surface area contributed by atoms with E-state index in [9.17, 15) is 4.39 Å². The third-order valence-electron chi connectivity index (χ3n) is 6.82. The molecule has 5 rings (SSSR count). The van der Waals surface area contributed by atoms with Crippen LogP contribution in [0.4, 0.5) is 16.2 Å². The highest BCUT2D eigenvalue weighted by Gasteiger charge is 2.24. The zero-order chi connectivity index (χ0) is 22.1. The maximum absolute atomic E-state index is 13.5. The van der Waals surface area contributed by atoms with Crippen LogP contribution in [0.25, 0.3) is 22.5 Å². The summed E-state index contributed by atoms with van der Waals surface area (Å²) in [6.45, 7) is 7.62. The fourth-order valence-corrected chi connectivity index (χ4v) is 4.67. The molecule has 1 unspecified atom stereocenters. The van der Waals surface area contributed by atoms with Gasteiger partial charge < -0.3 is 9.80 Å². The average molecular weight is 432 g/mol. The van der Waals surface area contributed by atoms with E-state index in [4.69, 9.17) is 15.0 Å². The molecule has 2 aromatic heterocycles. The van der Waals surface area contributed by atoms with Crippen molar-refractivity contribution in [3.05, 3.63) is 54.5 Å². The van der Waals surface area contributed by atoms with Crippen LogP contribution in [0, 0.1) is 11.7 Å². The van der Waals surface area contributed by atoms with E-state index in [1.165, 1.54) is 25.0 Å². The molecule has 166 valence electrons. The van der Waals surface area contributed by atoms with Crippen LogP contribution in [0.15, 0.2) is 48.7 Å². The van der Waals surface area contributed by atoms with Crippen molar-refractivity contribution in [2.75, 3.05) is 29.4 Å². The molecule has 2 saturated heterocycles. The van der Waals surface area contributed by atoms with Crippen LogP contribution in [0.2, 0.25) is 0 Å². The van der Waals surface area contributed by atoms with Crippen LogP contribution in [-0.4, -0.2) is 40.6 Å². The highest BCUT2D eigenvalue weighted by atomic mass is 19.1. The molecule has 3 aromatic rings. The maximum Gasteiger partial charge on any atom is 0.226 e. The van der Waals surface area contributed by atoms with Crippen molar-refractivity contribution in [1.29, 1.82) is 0 Å². The fraction of sp³-hybridized carbons (Fsp3) is 0.423. The summed E-state index contributed by atoms with van der Waals surface area (Å²) in [4.78, 5) is 19.2. The lowest BCUT2D eigenvalue weighted by atomic mass is 9.99. The molecule has 0 radical (unpaired) electrons. The third kappa shape index (κ3) is 4.31. The summed E-state index contributed by atoms with van der Waals surface area (Å²) < 4.78 is 13.5. The lowest BCUT2D eigenvalue weighted by Gasteiger charge is -2.31. The Morgan fingerprint density at radius 2 is 1.53 bits per heavy atom. The van der Waals surface area contributed by atoms with Crippen LogP contribution in [-0.2, 0) is 0 Å². The second kappa shape index (κ2) is 8.85. The van der Waals surface area contributed by atoms with Gasteiger partial charge in [0.15, 0.2) is 0 Å². The Kier molecular flexibility index (Phi) is 5.77. The molecular weight excluding hydrogens is 401 g/mol. The molecule has 0 N–H and O–H groups in total. The van der Waals surface area contributed by atoms with Crippen molar-refractivity contribution in [2.45, 2.75) is 45.6 Å². The van der Waals surface area contributed by atoms with Crippen LogP contribution >= 0.6 is 0 Å². The highest BCUT2D eigenvalue weighted by molar-refractivity contribution is 5.70. The summed E-state index contributed by atoms with van der Waals surface area (Å²) in [5.74, 6) is 2.31. The Morgan fingerprint density at radius 1 is 0.844 bits per heavy atom. The van der Waals surface area contributed by atoms with E-state index in [-0.39, 0.29) is 5.82 Å². The van der Waals surface area contributed by atoms with Gasteiger partial charge in [-0.1, -0.05) is 6.92 Å². The van der Waals surface area contributed by atoms with Gasteiger partial charge in [0.1, 0.15) is 11.6 Å². The van der Waals surface area contributed by atoms with E-state index >= 15 is 0 Å². The minimum absolute atomic E-state index is 0.247. The molecule has 32 heavy (non-hydrogen) atoms. The quantitative estimate of drug-likeness (QED) is 0.540. The number of halogens is 1. The molecule has 0 aliphatic carbocycles. The molecule has 4 heterocycles. The van der Waals surface area contributed by atoms with Crippen molar-refractivity contribution in [1.82, 2.24) is 15.0 Å². The van der Waals surface area contributed by atoms with Gasteiger partial charge in [-0.2, -0.15) is 0 Å². The van der Waals surface area contributed by atoms with Crippen molar-refractivity contribution in [3.8, 4) is 22.5 Å². The Labute approximate surface area is 189 Å². The molecule has 1 atom stereocenters. The predicted octanol–water partition coefficient (Wildman–Crippen LogP) is 5.57.